The first-order valence-electron chi connectivity index (χ1n) is 8.29. The first-order valence-corrected chi connectivity index (χ1v) is 8.29. The van der Waals surface area contributed by atoms with Gasteiger partial charge in [-0.25, -0.2) is 4.39 Å². The number of halogens is 2. The van der Waals surface area contributed by atoms with Crippen LogP contribution in [0.4, 0.5) is 4.39 Å². The van der Waals surface area contributed by atoms with E-state index in [4.69, 9.17) is 9.47 Å². The maximum Gasteiger partial charge on any atom is 0.221 e. The van der Waals surface area contributed by atoms with Gasteiger partial charge in [-0.3, -0.25) is 4.79 Å². The lowest BCUT2D eigenvalue weighted by atomic mass is 10.1. The lowest BCUT2D eigenvalue weighted by Crippen LogP contribution is -2.44. The molecule has 0 saturated carbocycles. The van der Waals surface area contributed by atoms with Gasteiger partial charge in [0.2, 0.25) is 5.91 Å². The first-order chi connectivity index (χ1) is 12.2. The third-order valence-corrected chi connectivity index (χ3v) is 3.89. The number of nitrogens with one attached hydrogen (secondary N) is 2. The summed E-state index contributed by atoms with van der Waals surface area (Å²) in [4.78, 5) is 12.0. The molecule has 7 heteroatoms. The normalized spacial score (nSPS) is 16.4. The first kappa shape index (κ1) is 20.2. The maximum atomic E-state index is 12.9. The summed E-state index contributed by atoms with van der Waals surface area (Å²) in [7, 11) is 0. The van der Waals surface area contributed by atoms with Crippen LogP contribution in [0.25, 0.3) is 0 Å². The predicted octanol–water partition coefficient (Wildman–Crippen LogP) is 3.03. The van der Waals surface area contributed by atoms with Crippen molar-refractivity contribution in [3.63, 3.8) is 0 Å². The third-order valence-electron chi connectivity index (χ3n) is 3.89. The van der Waals surface area contributed by atoms with Gasteiger partial charge in [0.25, 0.3) is 0 Å². The molecule has 3 rings (SSSR count). The summed E-state index contributed by atoms with van der Waals surface area (Å²) in [5.41, 5.74) is 0.979. The fraction of sp³-hybridized carbons (Fsp3) is 0.316. The molecule has 1 unspecified atom stereocenters. The van der Waals surface area contributed by atoms with Gasteiger partial charge in [0, 0.05) is 25.6 Å². The standard InChI is InChI=1S/C19H21FN2O3.ClH/c20-15-3-7-18(8-4-15)25-17-5-1-14(2-6-17)12-22-19(23)11-16-13-24-10-9-21-16;/h1-8,16,21H,9-13H2,(H,22,23);1H. The Morgan fingerprint density at radius 2 is 1.81 bits per heavy atom. The molecule has 1 aliphatic heterocycles. The van der Waals surface area contributed by atoms with Crippen LogP contribution < -0.4 is 15.4 Å². The number of carbonyl (C=O) groups excluding carboxylic acids is 1. The summed E-state index contributed by atoms with van der Waals surface area (Å²) in [6, 6.07) is 13.4. The molecule has 2 aromatic rings. The van der Waals surface area contributed by atoms with Crippen molar-refractivity contribution >= 4 is 18.3 Å². The molecule has 1 saturated heterocycles. The second kappa shape index (κ2) is 10.1. The summed E-state index contributed by atoms with van der Waals surface area (Å²) in [6.07, 6.45) is 0.408. The highest BCUT2D eigenvalue weighted by Crippen LogP contribution is 2.21. The van der Waals surface area contributed by atoms with E-state index in [9.17, 15) is 9.18 Å². The lowest BCUT2D eigenvalue weighted by Gasteiger charge is -2.23. The smallest absolute Gasteiger partial charge is 0.221 e. The minimum Gasteiger partial charge on any atom is -0.457 e. The van der Waals surface area contributed by atoms with E-state index >= 15 is 0 Å². The van der Waals surface area contributed by atoms with Crippen LogP contribution in [-0.4, -0.2) is 31.7 Å². The van der Waals surface area contributed by atoms with Crippen LogP contribution >= 0.6 is 12.4 Å². The molecule has 2 aromatic carbocycles. The van der Waals surface area contributed by atoms with Crippen molar-refractivity contribution in [2.24, 2.45) is 0 Å². The third kappa shape index (κ3) is 6.29. The van der Waals surface area contributed by atoms with Crippen LogP contribution in [-0.2, 0) is 16.1 Å². The van der Waals surface area contributed by atoms with Crippen LogP contribution in [0.2, 0.25) is 0 Å². The van der Waals surface area contributed by atoms with Crippen LogP contribution in [0, 0.1) is 5.82 Å². The summed E-state index contributed by atoms with van der Waals surface area (Å²) in [5, 5.41) is 6.16. The van der Waals surface area contributed by atoms with Gasteiger partial charge >= 0.3 is 0 Å². The average molecular weight is 381 g/mol. The molecular weight excluding hydrogens is 359 g/mol. The van der Waals surface area contributed by atoms with Crippen molar-refractivity contribution in [2.45, 2.75) is 19.0 Å². The molecule has 0 bridgehead atoms. The van der Waals surface area contributed by atoms with E-state index in [0.29, 0.717) is 37.7 Å². The zero-order valence-electron chi connectivity index (χ0n) is 14.2. The zero-order valence-corrected chi connectivity index (χ0v) is 15.1. The molecule has 140 valence electrons. The molecule has 1 heterocycles. The van der Waals surface area contributed by atoms with E-state index in [1.165, 1.54) is 12.1 Å². The van der Waals surface area contributed by atoms with Crippen LogP contribution in [0.15, 0.2) is 48.5 Å². The van der Waals surface area contributed by atoms with E-state index in [-0.39, 0.29) is 30.2 Å². The van der Waals surface area contributed by atoms with Crippen molar-refractivity contribution in [3.05, 3.63) is 59.9 Å². The van der Waals surface area contributed by atoms with Crippen molar-refractivity contribution in [2.75, 3.05) is 19.8 Å². The number of morpholine rings is 1. The molecule has 2 N–H and O–H groups in total. The van der Waals surface area contributed by atoms with E-state index in [1.54, 1.807) is 12.1 Å². The Balaban J connectivity index is 0.00000243. The van der Waals surface area contributed by atoms with Crippen LogP contribution in [0.3, 0.4) is 0 Å². The summed E-state index contributed by atoms with van der Waals surface area (Å²) in [6.45, 7) is 2.52. The number of hydrogen-bond donors (Lipinski definition) is 2. The number of ether oxygens (including phenoxy) is 2. The van der Waals surface area contributed by atoms with Gasteiger partial charge in [0.1, 0.15) is 17.3 Å². The van der Waals surface area contributed by atoms with Crippen molar-refractivity contribution < 1.29 is 18.7 Å². The monoisotopic (exact) mass is 380 g/mol. The second-order valence-corrected chi connectivity index (χ2v) is 5.91. The SMILES string of the molecule is Cl.O=C(CC1COCCN1)NCc1ccc(Oc2ccc(F)cc2)cc1. The van der Waals surface area contributed by atoms with Gasteiger partial charge in [-0.1, -0.05) is 12.1 Å². The highest BCUT2D eigenvalue weighted by molar-refractivity contribution is 5.85. The van der Waals surface area contributed by atoms with E-state index in [2.05, 4.69) is 10.6 Å². The Morgan fingerprint density at radius 3 is 2.42 bits per heavy atom. The molecule has 5 nitrogen and oxygen atoms in total. The summed E-state index contributed by atoms with van der Waals surface area (Å²) in [5.74, 6) is 0.929. The Morgan fingerprint density at radius 1 is 1.15 bits per heavy atom. The fourth-order valence-corrected chi connectivity index (χ4v) is 2.56. The Labute approximate surface area is 158 Å². The van der Waals surface area contributed by atoms with Gasteiger partial charge < -0.3 is 20.1 Å². The van der Waals surface area contributed by atoms with E-state index < -0.39 is 0 Å². The molecule has 0 aromatic heterocycles. The molecule has 0 spiro atoms. The molecule has 0 radical (unpaired) electrons. The van der Waals surface area contributed by atoms with Crippen LogP contribution in [0.5, 0.6) is 11.5 Å². The van der Waals surface area contributed by atoms with Gasteiger partial charge in [-0.15, -0.1) is 12.4 Å². The van der Waals surface area contributed by atoms with Crippen molar-refractivity contribution in [3.8, 4) is 11.5 Å². The van der Waals surface area contributed by atoms with Gasteiger partial charge in [-0.2, -0.15) is 0 Å². The molecule has 26 heavy (non-hydrogen) atoms. The maximum absolute atomic E-state index is 12.9. The molecular formula is C19H22ClFN2O3. The molecule has 1 amide bonds. The second-order valence-electron chi connectivity index (χ2n) is 5.91. The predicted molar refractivity (Wildman–Crippen MR) is 99.2 cm³/mol. The lowest BCUT2D eigenvalue weighted by molar-refractivity contribution is -0.122. The fourth-order valence-electron chi connectivity index (χ4n) is 2.56. The summed E-state index contributed by atoms with van der Waals surface area (Å²) < 4.78 is 23.9. The van der Waals surface area contributed by atoms with Gasteiger partial charge in [-0.05, 0) is 42.0 Å². The average Bonchev–Trinajstić information content (AvgIpc) is 2.64. The van der Waals surface area contributed by atoms with Crippen molar-refractivity contribution in [1.29, 1.82) is 0 Å². The quantitative estimate of drug-likeness (QED) is 0.808. The Hall–Kier alpha value is -2.15. The minimum absolute atomic E-state index is 0. The number of carbonyl (C=O) groups is 1. The van der Waals surface area contributed by atoms with Gasteiger partial charge in [0.15, 0.2) is 0 Å². The molecule has 1 fully saturated rings. The highest BCUT2D eigenvalue weighted by atomic mass is 35.5. The summed E-state index contributed by atoms with van der Waals surface area (Å²) >= 11 is 0. The Kier molecular flexibility index (Phi) is 7.84. The topological polar surface area (TPSA) is 59.6 Å². The Bertz CT molecular complexity index is 689. The molecule has 1 aliphatic rings. The molecule has 0 aliphatic carbocycles. The largest absolute Gasteiger partial charge is 0.457 e. The van der Waals surface area contributed by atoms with Crippen molar-refractivity contribution in [1.82, 2.24) is 10.6 Å². The number of benzene rings is 2. The van der Waals surface area contributed by atoms with Crippen LogP contribution in [0.1, 0.15) is 12.0 Å². The number of rotatable bonds is 6. The van der Waals surface area contributed by atoms with E-state index in [1.807, 2.05) is 24.3 Å². The molecule has 1 atom stereocenters. The highest BCUT2D eigenvalue weighted by Gasteiger charge is 2.16. The number of hydrogen-bond acceptors (Lipinski definition) is 4. The number of amides is 1. The van der Waals surface area contributed by atoms with Gasteiger partial charge in [0.05, 0.1) is 13.2 Å². The zero-order chi connectivity index (χ0) is 17.5. The minimum atomic E-state index is -0.298. The van der Waals surface area contributed by atoms with E-state index in [0.717, 1.165) is 12.1 Å².